The molecule has 1 rings (SSSR count). The smallest absolute Gasteiger partial charge is 0.252 e. The van der Waals surface area contributed by atoms with Crippen molar-refractivity contribution in [2.45, 2.75) is 51.9 Å². The van der Waals surface area contributed by atoms with E-state index in [0.717, 1.165) is 6.42 Å². The van der Waals surface area contributed by atoms with Crippen molar-refractivity contribution in [3.63, 3.8) is 0 Å². The molecule has 0 heterocycles. The van der Waals surface area contributed by atoms with Gasteiger partial charge in [-0.2, -0.15) is 0 Å². The minimum Gasteiger partial charge on any atom is -0.276 e. The Labute approximate surface area is 109 Å². The van der Waals surface area contributed by atoms with E-state index in [1.807, 2.05) is 12.1 Å². The van der Waals surface area contributed by atoms with E-state index in [1.54, 1.807) is 6.07 Å². The summed E-state index contributed by atoms with van der Waals surface area (Å²) < 4.78 is 0. The Morgan fingerprint density at radius 1 is 1.12 bits per heavy atom. The molecule has 0 radical (unpaired) electrons. The van der Waals surface area contributed by atoms with Gasteiger partial charge in [0.05, 0.1) is 0 Å². The average molecular weight is 253 g/mol. The molecule has 0 aliphatic carbocycles. The molecule has 17 heavy (non-hydrogen) atoms. The molecule has 1 aromatic carbocycles. The van der Waals surface area contributed by atoms with Crippen molar-refractivity contribution in [1.82, 2.24) is 0 Å². The highest BCUT2D eigenvalue weighted by Gasteiger charge is 2.02. The number of rotatable bonds is 8. The van der Waals surface area contributed by atoms with E-state index >= 15 is 0 Å². The van der Waals surface area contributed by atoms with Crippen LogP contribution in [-0.2, 0) is 6.42 Å². The number of benzene rings is 1. The van der Waals surface area contributed by atoms with Gasteiger partial charge in [-0.05, 0) is 36.1 Å². The molecule has 0 fully saturated rings. The van der Waals surface area contributed by atoms with Gasteiger partial charge >= 0.3 is 0 Å². The quantitative estimate of drug-likeness (QED) is 0.472. The molecule has 0 amide bonds. The van der Waals surface area contributed by atoms with Crippen molar-refractivity contribution in [3.05, 3.63) is 35.4 Å². The Bertz CT molecular complexity index is 347. The third kappa shape index (κ3) is 5.88. The van der Waals surface area contributed by atoms with E-state index in [1.165, 1.54) is 44.1 Å². The van der Waals surface area contributed by atoms with Crippen LogP contribution in [0.4, 0.5) is 0 Å². The number of carbonyl (C=O) groups excluding carboxylic acids is 1. The minimum atomic E-state index is -0.366. The maximum absolute atomic E-state index is 11.0. The highest BCUT2D eigenvalue weighted by atomic mass is 35.5. The SMILES string of the molecule is CCCCCCCCc1cccc(C(=O)Cl)c1. The van der Waals surface area contributed by atoms with Crippen LogP contribution in [0.1, 0.15) is 61.4 Å². The largest absolute Gasteiger partial charge is 0.276 e. The van der Waals surface area contributed by atoms with Gasteiger partial charge in [-0.1, -0.05) is 57.2 Å². The first-order chi connectivity index (χ1) is 8.24. The van der Waals surface area contributed by atoms with Crippen molar-refractivity contribution < 1.29 is 4.79 Å². The average Bonchev–Trinajstić information content (AvgIpc) is 2.34. The van der Waals surface area contributed by atoms with E-state index in [0.29, 0.717) is 5.56 Å². The van der Waals surface area contributed by atoms with Gasteiger partial charge in [0.25, 0.3) is 5.24 Å². The normalized spacial score (nSPS) is 10.5. The van der Waals surface area contributed by atoms with Gasteiger partial charge in [0.15, 0.2) is 0 Å². The summed E-state index contributed by atoms with van der Waals surface area (Å²) in [4.78, 5) is 11.0. The maximum Gasteiger partial charge on any atom is 0.252 e. The molecule has 1 nitrogen and oxygen atoms in total. The van der Waals surface area contributed by atoms with Crippen LogP contribution in [-0.4, -0.2) is 5.24 Å². The molecule has 94 valence electrons. The lowest BCUT2D eigenvalue weighted by Gasteiger charge is -2.03. The minimum absolute atomic E-state index is 0.366. The molecule has 0 unspecified atom stereocenters. The summed E-state index contributed by atoms with van der Waals surface area (Å²) in [6, 6.07) is 7.64. The summed E-state index contributed by atoms with van der Waals surface area (Å²) in [6.45, 7) is 2.23. The summed E-state index contributed by atoms with van der Waals surface area (Å²) in [7, 11) is 0. The number of unbranched alkanes of at least 4 members (excludes halogenated alkanes) is 5. The second-order valence-corrected chi connectivity index (χ2v) is 4.84. The number of hydrogen-bond acceptors (Lipinski definition) is 1. The van der Waals surface area contributed by atoms with Crippen molar-refractivity contribution in [3.8, 4) is 0 Å². The summed E-state index contributed by atoms with van der Waals surface area (Å²) in [6.07, 6.45) is 8.82. The molecule has 0 N–H and O–H groups in total. The molecule has 0 aromatic heterocycles. The van der Waals surface area contributed by atoms with Gasteiger partial charge in [0, 0.05) is 5.56 Å². The zero-order valence-electron chi connectivity index (χ0n) is 10.5. The Morgan fingerprint density at radius 3 is 2.53 bits per heavy atom. The maximum atomic E-state index is 11.0. The predicted molar refractivity (Wildman–Crippen MR) is 73.7 cm³/mol. The first-order valence-electron chi connectivity index (χ1n) is 6.53. The molecule has 2 heteroatoms. The second-order valence-electron chi connectivity index (χ2n) is 4.49. The van der Waals surface area contributed by atoms with E-state index in [2.05, 4.69) is 13.0 Å². The van der Waals surface area contributed by atoms with E-state index in [9.17, 15) is 4.79 Å². The second kappa shape index (κ2) is 8.30. The lowest BCUT2D eigenvalue weighted by molar-refractivity contribution is 0.108. The third-order valence-corrected chi connectivity index (χ3v) is 3.19. The molecular formula is C15H21ClO. The zero-order valence-corrected chi connectivity index (χ0v) is 11.3. The van der Waals surface area contributed by atoms with Crippen molar-refractivity contribution >= 4 is 16.8 Å². The van der Waals surface area contributed by atoms with Gasteiger partial charge < -0.3 is 0 Å². The first-order valence-corrected chi connectivity index (χ1v) is 6.90. The Morgan fingerprint density at radius 2 is 1.82 bits per heavy atom. The first kappa shape index (κ1) is 14.2. The number of aryl methyl sites for hydroxylation is 1. The molecule has 0 saturated carbocycles. The molecule has 0 spiro atoms. The lowest BCUT2D eigenvalue weighted by atomic mass is 10.0. The van der Waals surface area contributed by atoms with Gasteiger partial charge in [0.2, 0.25) is 0 Å². The number of halogens is 1. The Hall–Kier alpha value is -0.820. The van der Waals surface area contributed by atoms with E-state index in [-0.39, 0.29) is 5.24 Å². The highest BCUT2D eigenvalue weighted by molar-refractivity contribution is 6.67. The third-order valence-electron chi connectivity index (χ3n) is 2.97. The van der Waals surface area contributed by atoms with Gasteiger partial charge in [-0.3, -0.25) is 4.79 Å². The topological polar surface area (TPSA) is 17.1 Å². The van der Waals surface area contributed by atoms with Crippen molar-refractivity contribution in [1.29, 1.82) is 0 Å². The van der Waals surface area contributed by atoms with E-state index < -0.39 is 0 Å². The van der Waals surface area contributed by atoms with Crippen LogP contribution in [0.15, 0.2) is 24.3 Å². The number of hydrogen-bond donors (Lipinski definition) is 0. The molecule has 0 bridgehead atoms. The number of carbonyl (C=O) groups is 1. The fourth-order valence-corrected chi connectivity index (χ4v) is 2.08. The fraction of sp³-hybridized carbons (Fsp3) is 0.533. The van der Waals surface area contributed by atoms with Crippen molar-refractivity contribution in [2.24, 2.45) is 0 Å². The molecule has 0 atom stereocenters. The Balaban J connectivity index is 2.27. The molecular weight excluding hydrogens is 232 g/mol. The molecule has 0 aliphatic rings. The molecule has 0 saturated heterocycles. The van der Waals surface area contributed by atoms with Crippen molar-refractivity contribution in [2.75, 3.05) is 0 Å². The predicted octanol–water partition coefficient (Wildman–Crippen LogP) is 4.97. The lowest BCUT2D eigenvalue weighted by Crippen LogP contribution is -1.92. The fourth-order valence-electron chi connectivity index (χ4n) is 1.96. The summed E-state index contributed by atoms with van der Waals surface area (Å²) in [5.74, 6) is 0. The van der Waals surface area contributed by atoms with Crippen LogP contribution in [0.25, 0.3) is 0 Å². The summed E-state index contributed by atoms with van der Waals surface area (Å²) >= 11 is 5.45. The summed E-state index contributed by atoms with van der Waals surface area (Å²) in [5, 5.41) is -0.366. The van der Waals surface area contributed by atoms with Crippen LogP contribution < -0.4 is 0 Å². The van der Waals surface area contributed by atoms with Crippen LogP contribution >= 0.6 is 11.6 Å². The van der Waals surface area contributed by atoms with Crippen LogP contribution in [0, 0.1) is 0 Å². The Kier molecular flexibility index (Phi) is 6.95. The standard InChI is InChI=1S/C15H21ClO/c1-2-3-4-5-6-7-9-13-10-8-11-14(12-13)15(16)17/h8,10-12H,2-7,9H2,1H3. The molecule has 1 aromatic rings. The zero-order chi connectivity index (χ0) is 12.5. The van der Waals surface area contributed by atoms with Gasteiger partial charge in [-0.15, -0.1) is 0 Å². The summed E-state index contributed by atoms with van der Waals surface area (Å²) in [5.41, 5.74) is 1.82. The van der Waals surface area contributed by atoms with Crippen LogP contribution in [0.3, 0.4) is 0 Å². The van der Waals surface area contributed by atoms with Crippen LogP contribution in [0.5, 0.6) is 0 Å². The van der Waals surface area contributed by atoms with E-state index in [4.69, 9.17) is 11.6 Å². The highest BCUT2D eigenvalue weighted by Crippen LogP contribution is 2.12. The van der Waals surface area contributed by atoms with Crippen LogP contribution in [0.2, 0.25) is 0 Å². The van der Waals surface area contributed by atoms with Gasteiger partial charge in [-0.25, -0.2) is 0 Å². The molecule has 0 aliphatic heterocycles. The van der Waals surface area contributed by atoms with Gasteiger partial charge in [0.1, 0.15) is 0 Å². The monoisotopic (exact) mass is 252 g/mol.